The van der Waals surface area contributed by atoms with Crippen LogP contribution in [-0.2, 0) is 0 Å². The molecule has 2 saturated carbocycles. The summed E-state index contributed by atoms with van der Waals surface area (Å²) in [5, 5.41) is 11.5. The summed E-state index contributed by atoms with van der Waals surface area (Å²) in [6.45, 7) is 0. The molecule has 1 aromatic carbocycles. The van der Waals surface area contributed by atoms with Crippen molar-refractivity contribution in [3.63, 3.8) is 0 Å². The van der Waals surface area contributed by atoms with E-state index in [1.54, 1.807) is 18.7 Å². The minimum absolute atomic E-state index is 0.220. The first-order valence-corrected chi connectivity index (χ1v) is 11.5. The van der Waals surface area contributed by atoms with Gasteiger partial charge in [0.2, 0.25) is 0 Å². The first kappa shape index (κ1) is 19.8. The number of carbonyl (C=O) groups is 1. The molecule has 7 heteroatoms. The predicted octanol–water partition coefficient (Wildman–Crippen LogP) is 5.26. The Hall–Kier alpha value is -3.87. The molecule has 2 aliphatic carbocycles. The van der Waals surface area contributed by atoms with Gasteiger partial charge in [-0.1, -0.05) is 18.2 Å². The molecule has 164 valence electrons. The molecule has 0 radical (unpaired) electrons. The third-order valence-electron chi connectivity index (χ3n) is 6.54. The fourth-order valence-electron chi connectivity index (χ4n) is 4.33. The van der Waals surface area contributed by atoms with Gasteiger partial charge in [-0.3, -0.25) is 9.78 Å². The van der Waals surface area contributed by atoms with Crippen molar-refractivity contribution in [1.82, 2.24) is 24.7 Å². The number of nitrogens with zero attached hydrogens (tertiary/aromatic N) is 5. The third kappa shape index (κ3) is 3.91. The van der Waals surface area contributed by atoms with E-state index in [4.69, 9.17) is 4.98 Å². The average Bonchev–Trinajstić information content (AvgIpc) is 3.57. The number of amides is 1. The van der Waals surface area contributed by atoms with Crippen molar-refractivity contribution in [3.8, 4) is 22.5 Å². The third-order valence-corrected chi connectivity index (χ3v) is 6.54. The lowest BCUT2D eigenvalue weighted by Crippen LogP contribution is -2.17. The van der Waals surface area contributed by atoms with E-state index in [0.717, 1.165) is 53.9 Å². The molecule has 3 aromatic heterocycles. The van der Waals surface area contributed by atoms with Gasteiger partial charge in [-0.15, -0.1) is 10.2 Å². The smallest absolute Gasteiger partial charge is 0.274 e. The van der Waals surface area contributed by atoms with Gasteiger partial charge < -0.3 is 9.88 Å². The Kier molecular flexibility index (Phi) is 4.94. The van der Waals surface area contributed by atoms with Crippen LogP contribution in [0, 0.1) is 0 Å². The Morgan fingerprint density at radius 1 is 0.970 bits per heavy atom. The molecule has 2 aliphatic rings. The fraction of sp³-hybridized carbons (Fsp3) is 0.269. The van der Waals surface area contributed by atoms with Gasteiger partial charge in [0.1, 0.15) is 12.0 Å². The van der Waals surface area contributed by atoms with Crippen molar-refractivity contribution in [2.24, 2.45) is 0 Å². The van der Waals surface area contributed by atoms with Crippen molar-refractivity contribution in [3.05, 3.63) is 78.6 Å². The van der Waals surface area contributed by atoms with Gasteiger partial charge in [0.15, 0.2) is 5.82 Å². The lowest BCUT2D eigenvalue weighted by Gasteiger charge is -2.27. The summed E-state index contributed by atoms with van der Waals surface area (Å²) in [5.41, 5.74) is 4.80. The molecule has 7 nitrogen and oxygen atoms in total. The zero-order valence-corrected chi connectivity index (χ0v) is 18.2. The Labute approximate surface area is 191 Å². The van der Waals surface area contributed by atoms with E-state index in [1.165, 1.54) is 6.42 Å². The van der Waals surface area contributed by atoms with Crippen LogP contribution in [0.1, 0.15) is 60.2 Å². The van der Waals surface area contributed by atoms with Crippen LogP contribution < -0.4 is 5.32 Å². The van der Waals surface area contributed by atoms with E-state index >= 15 is 0 Å². The van der Waals surface area contributed by atoms with E-state index < -0.39 is 0 Å². The highest BCUT2D eigenvalue weighted by atomic mass is 16.1. The van der Waals surface area contributed by atoms with Gasteiger partial charge in [0.25, 0.3) is 5.91 Å². The molecule has 4 aromatic rings. The number of aromatic nitrogens is 5. The molecule has 0 spiro atoms. The molecular weight excluding hydrogens is 412 g/mol. The van der Waals surface area contributed by atoms with E-state index in [-0.39, 0.29) is 5.91 Å². The highest BCUT2D eigenvalue weighted by Crippen LogP contribution is 2.40. The summed E-state index contributed by atoms with van der Waals surface area (Å²) in [5.74, 6) is 1.08. The molecule has 2 fully saturated rings. The Morgan fingerprint density at radius 2 is 1.82 bits per heavy atom. The molecule has 0 bridgehead atoms. The first-order chi connectivity index (χ1) is 16.3. The summed E-state index contributed by atoms with van der Waals surface area (Å²) in [6.07, 6.45) is 11.1. The number of hydrogen-bond acceptors (Lipinski definition) is 5. The highest BCUT2D eigenvalue weighted by molar-refractivity contribution is 6.07. The maximum atomic E-state index is 13.4. The molecule has 0 saturated heterocycles. The van der Waals surface area contributed by atoms with Crippen LogP contribution in [0.5, 0.6) is 0 Å². The van der Waals surface area contributed by atoms with Crippen LogP contribution in [0.15, 0.2) is 67.3 Å². The lowest BCUT2D eigenvalue weighted by atomic mass is 9.92. The van der Waals surface area contributed by atoms with Crippen molar-refractivity contribution in [1.29, 1.82) is 0 Å². The SMILES string of the molecule is O=C(Nc1cccc(-c2nncn2C2CCC2)c1)c1nc(C2CC2)ccc1-c1ccncc1. The van der Waals surface area contributed by atoms with Crippen molar-refractivity contribution in [2.75, 3.05) is 5.32 Å². The summed E-state index contributed by atoms with van der Waals surface area (Å²) in [4.78, 5) is 22.3. The second-order valence-corrected chi connectivity index (χ2v) is 8.82. The predicted molar refractivity (Wildman–Crippen MR) is 126 cm³/mol. The summed E-state index contributed by atoms with van der Waals surface area (Å²) < 4.78 is 2.15. The minimum Gasteiger partial charge on any atom is -0.321 e. The van der Waals surface area contributed by atoms with Crippen molar-refractivity contribution in [2.45, 2.75) is 44.1 Å². The largest absolute Gasteiger partial charge is 0.321 e. The van der Waals surface area contributed by atoms with Gasteiger partial charge >= 0.3 is 0 Å². The molecule has 1 N–H and O–H groups in total. The molecule has 1 amide bonds. The number of carbonyl (C=O) groups excluding carboxylic acids is 1. The van der Waals surface area contributed by atoms with Gasteiger partial charge in [-0.2, -0.15) is 0 Å². The van der Waals surface area contributed by atoms with Crippen LogP contribution in [0.25, 0.3) is 22.5 Å². The standard InChI is InChI=1S/C26H24N6O/c33-26(24-22(17-11-13-27-14-12-17)9-10-23(30-24)18-7-8-18)29-20-4-1-3-19(15-20)25-31-28-16-32(25)21-5-2-6-21/h1,3-4,9-16,18,21H,2,5-8H2,(H,29,33). The zero-order chi connectivity index (χ0) is 22.2. The van der Waals surface area contributed by atoms with Crippen molar-refractivity contribution >= 4 is 11.6 Å². The lowest BCUT2D eigenvalue weighted by molar-refractivity contribution is 0.102. The number of nitrogens with one attached hydrogen (secondary N) is 1. The minimum atomic E-state index is -0.220. The number of hydrogen-bond donors (Lipinski definition) is 1. The normalized spacial score (nSPS) is 15.8. The highest BCUT2D eigenvalue weighted by Gasteiger charge is 2.27. The Bertz CT molecular complexity index is 1310. The van der Waals surface area contributed by atoms with E-state index in [9.17, 15) is 4.79 Å². The van der Waals surface area contributed by atoms with Gasteiger partial charge in [-0.05, 0) is 68.0 Å². The van der Waals surface area contributed by atoms with Crippen LogP contribution >= 0.6 is 0 Å². The molecule has 0 aliphatic heterocycles. The summed E-state index contributed by atoms with van der Waals surface area (Å²) in [6, 6.07) is 16.1. The van der Waals surface area contributed by atoms with Crippen LogP contribution in [0.4, 0.5) is 5.69 Å². The first-order valence-electron chi connectivity index (χ1n) is 11.5. The number of pyridine rings is 2. The number of rotatable bonds is 6. The monoisotopic (exact) mass is 436 g/mol. The summed E-state index contributed by atoms with van der Waals surface area (Å²) in [7, 11) is 0. The van der Waals surface area contributed by atoms with E-state index in [1.807, 2.05) is 48.5 Å². The summed E-state index contributed by atoms with van der Waals surface area (Å²) >= 11 is 0. The van der Waals surface area contributed by atoms with Gasteiger partial charge in [0, 0.05) is 46.9 Å². The fourth-order valence-corrected chi connectivity index (χ4v) is 4.33. The zero-order valence-electron chi connectivity index (χ0n) is 18.2. The van der Waals surface area contributed by atoms with Crippen LogP contribution in [-0.4, -0.2) is 30.6 Å². The average molecular weight is 437 g/mol. The van der Waals surface area contributed by atoms with Crippen LogP contribution in [0.3, 0.4) is 0 Å². The molecule has 3 heterocycles. The van der Waals surface area contributed by atoms with E-state index in [2.05, 4.69) is 25.1 Å². The molecule has 0 atom stereocenters. The molecule has 33 heavy (non-hydrogen) atoms. The van der Waals surface area contributed by atoms with Gasteiger partial charge in [-0.25, -0.2) is 4.98 Å². The molecule has 6 rings (SSSR count). The number of benzene rings is 1. The number of anilines is 1. The topological polar surface area (TPSA) is 85.6 Å². The second-order valence-electron chi connectivity index (χ2n) is 8.82. The van der Waals surface area contributed by atoms with E-state index in [0.29, 0.717) is 23.3 Å². The second kappa shape index (κ2) is 8.24. The van der Waals surface area contributed by atoms with Crippen LogP contribution in [0.2, 0.25) is 0 Å². The Morgan fingerprint density at radius 3 is 2.58 bits per heavy atom. The molecular formula is C26H24N6O. The Balaban J connectivity index is 1.31. The molecule has 0 unspecified atom stereocenters. The maximum absolute atomic E-state index is 13.4. The van der Waals surface area contributed by atoms with Crippen molar-refractivity contribution < 1.29 is 4.79 Å². The maximum Gasteiger partial charge on any atom is 0.274 e. The quantitative estimate of drug-likeness (QED) is 0.446. The van der Waals surface area contributed by atoms with Gasteiger partial charge in [0.05, 0.1) is 0 Å².